The van der Waals surface area contributed by atoms with Crippen molar-refractivity contribution in [3.63, 3.8) is 0 Å². The maximum atomic E-state index is 13.1. The smallest absolute Gasteiger partial charge is 0.266 e. The highest BCUT2D eigenvalue weighted by molar-refractivity contribution is 7.07. The number of hydrogen-bond acceptors (Lipinski definition) is 4. The summed E-state index contributed by atoms with van der Waals surface area (Å²) in [5, 5.41) is 5.34. The summed E-state index contributed by atoms with van der Waals surface area (Å²) in [7, 11) is 0. The highest BCUT2D eigenvalue weighted by atomic mass is 35.5. The lowest BCUT2D eigenvalue weighted by atomic mass is 9.97. The molecule has 0 amide bonds. The fraction of sp³-hybridized carbons (Fsp3) is 0.0417. The van der Waals surface area contributed by atoms with Crippen LogP contribution in [0.2, 0.25) is 5.02 Å². The van der Waals surface area contributed by atoms with Gasteiger partial charge in [-0.05, 0) is 23.3 Å². The van der Waals surface area contributed by atoms with Gasteiger partial charge in [-0.1, -0.05) is 102 Å². The van der Waals surface area contributed by atoms with E-state index >= 15 is 0 Å². The van der Waals surface area contributed by atoms with E-state index in [0.717, 1.165) is 22.4 Å². The van der Waals surface area contributed by atoms with Gasteiger partial charge < -0.3 is 0 Å². The molecule has 6 heteroatoms. The van der Waals surface area contributed by atoms with E-state index in [0.29, 0.717) is 14.4 Å². The first-order valence-electron chi connectivity index (χ1n) is 9.46. The Bertz CT molecular complexity index is 1420. The number of thiazole rings is 1. The van der Waals surface area contributed by atoms with Crippen molar-refractivity contribution in [3.05, 3.63) is 126 Å². The molecule has 1 aliphatic heterocycles. The van der Waals surface area contributed by atoms with E-state index in [1.165, 1.54) is 16.0 Å². The quantitative estimate of drug-likeness (QED) is 0.485. The van der Waals surface area contributed by atoms with Crippen molar-refractivity contribution in [2.24, 2.45) is 10.1 Å². The molecule has 0 spiro atoms. The molecule has 4 nitrogen and oxygen atoms in total. The van der Waals surface area contributed by atoms with E-state index in [4.69, 9.17) is 21.7 Å². The molecule has 0 N–H and O–H groups in total. The monoisotopic (exact) mass is 429 g/mol. The van der Waals surface area contributed by atoms with Crippen molar-refractivity contribution in [2.75, 3.05) is 0 Å². The number of hydrogen-bond donors (Lipinski definition) is 0. The molecule has 30 heavy (non-hydrogen) atoms. The number of fused-ring (bicyclic) bond motifs is 1. The molecular formula is C24H16ClN3OS. The summed E-state index contributed by atoms with van der Waals surface area (Å²) in [6.07, 6.45) is 1.80. The lowest BCUT2D eigenvalue weighted by Gasteiger charge is -2.19. The number of benzene rings is 3. The molecule has 4 aromatic rings. The first-order chi connectivity index (χ1) is 14.7. The minimum Gasteiger partial charge on any atom is -0.266 e. The molecule has 1 aliphatic rings. The first-order valence-corrected chi connectivity index (χ1v) is 10.7. The van der Waals surface area contributed by atoms with Crippen LogP contribution in [0.4, 0.5) is 0 Å². The molecule has 2 heterocycles. The third-order valence-electron chi connectivity index (χ3n) is 4.87. The van der Waals surface area contributed by atoms with Crippen molar-refractivity contribution >= 4 is 34.7 Å². The summed E-state index contributed by atoms with van der Waals surface area (Å²) < 4.78 is 1.95. The molecule has 3 aromatic carbocycles. The van der Waals surface area contributed by atoms with E-state index < -0.39 is 0 Å². The van der Waals surface area contributed by atoms with E-state index in [1.807, 2.05) is 78.9 Å². The van der Waals surface area contributed by atoms with Gasteiger partial charge in [-0.25, -0.2) is 4.99 Å². The molecule has 0 radical (unpaired) electrons. The predicted molar refractivity (Wildman–Crippen MR) is 122 cm³/mol. The van der Waals surface area contributed by atoms with Crippen molar-refractivity contribution in [2.45, 2.75) is 6.04 Å². The number of rotatable bonds is 3. The predicted octanol–water partition coefficient (Wildman–Crippen LogP) is 4.02. The molecule has 146 valence electrons. The maximum absolute atomic E-state index is 13.1. The normalized spacial score (nSPS) is 16.0. The number of aromatic nitrogens is 1. The van der Waals surface area contributed by atoms with Crippen LogP contribution in [0.1, 0.15) is 22.7 Å². The Hall–Kier alpha value is -3.28. The summed E-state index contributed by atoms with van der Waals surface area (Å²) in [6, 6.07) is 27.0. The van der Waals surface area contributed by atoms with Crippen LogP contribution >= 0.6 is 22.9 Å². The van der Waals surface area contributed by atoms with Crippen LogP contribution in [0.25, 0.3) is 6.08 Å². The molecule has 0 bridgehead atoms. The second-order valence-corrected chi connectivity index (χ2v) is 8.24. The second kappa shape index (κ2) is 7.86. The van der Waals surface area contributed by atoms with Crippen LogP contribution in [-0.4, -0.2) is 10.4 Å². The molecule has 1 atom stereocenters. The van der Waals surface area contributed by atoms with Crippen molar-refractivity contribution in [3.8, 4) is 0 Å². The number of nitrogens with zero attached hydrogens (tertiary/aromatic N) is 3. The summed E-state index contributed by atoms with van der Waals surface area (Å²) in [6.45, 7) is 0. The van der Waals surface area contributed by atoms with E-state index in [9.17, 15) is 4.79 Å². The summed E-state index contributed by atoms with van der Waals surface area (Å²) >= 11 is 7.60. The second-order valence-electron chi connectivity index (χ2n) is 6.83. The largest absolute Gasteiger partial charge is 0.291 e. The van der Waals surface area contributed by atoms with Crippen LogP contribution in [0, 0.1) is 0 Å². The molecule has 0 saturated heterocycles. The Kier molecular flexibility index (Phi) is 4.91. The molecule has 1 unspecified atom stereocenters. The third kappa shape index (κ3) is 3.43. The lowest BCUT2D eigenvalue weighted by molar-refractivity contribution is 0.723. The summed E-state index contributed by atoms with van der Waals surface area (Å²) in [4.78, 5) is 18.6. The zero-order chi connectivity index (χ0) is 20.5. The molecule has 5 rings (SSSR count). The standard InChI is InChI=1S/C24H16ClN3OS/c25-19-14-8-7-13-18(19)15-20-23(29)28-24(30-20)26-21(16-9-3-1-4-10-16)22(27-28)17-11-5-2-6-12-17/h1-15,21H/b20-15+. The average molecular weight is 430 g/mol. The topological polar surface area (TPSA) is 46.7 Å². The first kappa shape index (κ1) is 18.7. The SMILES string of the molecule is O=c1/c(=C\c2ccccc2Cl)sc2n1N=C(c1ccccc1)C(c1ccccc1)N=2. The van der Waals surface area contributed by atoms with Crippen molar-refractivity contribution in [1.29, 1.82) is 0 Å². The minimum atomic E-state index is -0.278. The van der Waals surface area contributed by atoms with Gasteiger partial charge in [0.15, 0.2) is 0 Å². The molecule has 0 fully saturated rings. The van der Waals surface area contributed by atoms with Crippen LogP contribution in [-0.2, 0) is 0 Å². The van der Waals surface area contributed by atoms with E-state index in [1.54, 1.807) is 12.1 Å². The van der Waals surface area contributed by atoms with Gasteiger partial charge >= 0.3 is 0 Å². The molecule has 0 aliphatic carbocycles. The molecule has 1 aromatic heterocycles. The van der Waals surface area contributed by atoms with E-state index in [2.05, 4.69) is 0 Å². The Balaban J connectivity index is 1.73. The zero-order valence-electron chi connectivity index (χ0n) is 15.8. The van der Waals surface area contributed by atoms with Crippen LogP contribution < -0.4 is 14.9 Å². The van der Waals surface area contributed by atoms with Crippen molar-refractivity contribution in [1.82, 2.24) is 4.68 Å². The van der Waals surface area contributed by atoms with Gasteiger partial charge in [0.1, 0.15) is 6.04 Å². The average Bonchev–Trinajstić information content (AvgIpc) is 3.10. The van der Waals surface area contributed by atoms with Gasteiger partial charge in [-0.2, -0.15) is 9.78 Å². The Morgan fingerprint density at radius 3 is 2.30 bits per heavy atom. The highest BCUT2D eigenvalue weighted by Crippen LogP contribution is 2.24. The van der Waals surface area contributed by atoms with Crippen LogP contribution in [0.3, 0.4) is 0 Å². The van der Waals surface area contributed by atoms with E-state index in [-0.39, 0.29) is 11.6 Å². The van der Waals surface area contributed by atoms with Gasteiger partial charge in [0, 0.05) is 10.6 Å². The van der Waals surface area contributed by atoms with Gasteiger partial charge in [0.25, 0.3) is 5.56 Å². The summed E-state index contributed by atoms with van der Waals surface area (Å²) in [5.74, 6) is 0. The Labute approximate surface area is 181 Å². The zero-order valence-corrected chi connectivity index (χ0v) is 17.3. The van der Waals surface area contributed by atoms with Crippen molar-refractivity contribution < 1.29 is 0 Å². The molecular weight excluding hydrogens is 414 g/mol. The highest BCUT2D eigenvalue weighted by Gasteiger charge is 2.24. The maximum Gasteiger partial charge on any atom is 0.291 e. The van der Waals surface area contributed by atoms with Gasteiger partial charge in [0.2, 0.25) is 4.80 Å². The fourth-order valence-electron chi connectivity index (χ4n) is 3.40. The Morgan fingerprint density at radius 2 is 1.57 bits per heavy atom. The Morgan fingerprint density at radius 1 is 0.900 bits per heavy atom. The van der Waals surface area contributed by atoms with Gasteiger partial charge in [-0.15, -0.1) is 0 Å². The molecule has 0 saturated carbocycles. The van der Waals surface area contributed by atoms with Gasteiger partial charge in [-0.3, -0.25) is 4.79 Å². The number of halogens is 1. The van der Waals surface area contributed by atoms with Gasteiger partial charge in [0.05, 0.1) is 10.2 Å². The van der Waals surface area contributed by atoms with Crippen LogP contribution in [0.15, 0.2) is 99.8 Å². The minimum absolute atomic E-state index is 0.196. The fourth-order valence-corrected chi connectivity index (χ4v) is 4.51. The summed E-state index contributed by atoms with van der Waals surface area (Å²) in [5.41, 5.74) is 3.32. The van der Waals surface area contributed by atoms with Crippen LogP contribution in [0.5, 0.6) is 0 Å². The lowest BCUT2D eigenvalue weighted by Crippen LogP contribution is -2.34. The third-order valence-corrected chi connectivity index (χ3v) is 6.19.